The number of aryl methyl sites for hydroxylation is 1. The lowest BCUT2D eigenvalue weighted by atomic mass is 10.1. The predicted molar refractivity (Wildman–Crippen MR) is 79.8 cm³/mol. The van der Waals surface area contributed by atoms with Crippen LogP contribution in [0.2, 0.25) is 0 Å². The molecule has 0 unspecified atom stereocenters. The van der Waals surface area contributed by atoms with Crippen molar-refractivity contribution in [2.45, 2.75) is 26.8 Å². The molecular formula is C15H21N3O2. The third-order valence-corrected chi connectivity index (χ3v) is 3.44. The van der Waals surface area contributed by atoms with Crippen LogP contribution in [0.15, 0.2) is 23.0 Å². The van der Waals surface area contributed by atoms with E-state index in [1.165, 1.54) is 0 Å². The molecule has 0 spiro atoms. The lowest BCUT2D eigenvalue weighted by Crippen LogP contribution is -2.27. The standard InChI is InChI=1S/C15H21N3O2/c1-3-18(8-5-9-19)10-13-16-14-11(2)6-4-7-12(14)15(20)17-13/h4,6-7,19H,3,5,8-10H2,1-2H3,(H,16,17,20). The summed E-state index contributed by atoms with van der Waals surface area (Å²) in [5.41, 5.74) is 1.68. The van der Waals surface area contributed by atoms with Crippen molar-refractivity contribution in [2.75, 3.05) is 19.7 Å². The smallest absolute Gasteiger partial charge is 0.258 e. The molecule has 20 heavy (non-hydrogen) atoms. The van der Waals surface area contributed by atoms with E-state index in [2.05, 4.69) is 21.8 Å². The van der Waals surface area contributed by atoms with Crippen LogP contribution in [0.1, 0.15) is 24.7 Å². The van der Waals surface area contributed by atoms with E-state index in [1.807, 2.05) is 19.1 Å². The fourth-order valence-corrected chi connectivity index (χ4v) is 2.28. The fraction of sp³-hybridized carbons (Fsp3) is 0.467. The molecule has 0 aliphatic rings. The van der Waals surface area contributed by atoms with Crippen LogP contribution in [0.4, 0.5) is 0 Å². The monoisotopic (exact) mass is 275 g/mol. The Morgan fingerprint density at radius 1 is 1.40 bits per heavy atom. The number of nitrogens with one attached hydrogen (secondary N) is 1. The highest BCUT2D eigenvalue weighted by Gasteiger charge is 2.09. The Hall–Kier alpha value is -1.72. The Balaban J connectivity index is 2.31. The van der Waals surface area contributed by atoms with E-state index < -0.39 is 0 Å². The Bertz CT molecular complexity index is 637. The second-order valence-corrected chi connectivity index (χ2v) is 4.93. The molecule has 0 bridgehead atoms. The molecule has 0 amide bonds. The zero-order valence-corrected chi connectivity index (χ0v) is 12.0. The van der Waals surface area contributed by atoms with Crippen molar-refractivity contribution < 1.29 is 5.11 Å². The summed E-state index contributed by atoms with van der Waals surface area (Å²) in [6.45, 7) is 6.44. The van der Waals surface area contributed by atoms with E-state index in [0.717, 1.165) is 30.6 Å². The van der Waals surface area contributed by atoms with Crippen molar-refractivity contribution in [3.8, 4) is 0 Å². The van der Waals surface area contributed by atoms with Gasteiger partial charge in [-0.25, -0.2) is 4.98 Å². The third-order valence-electron chi connectivity index (χ3n) is 3.44. The Morgan fingerprint density at radius 3 is 2.90 bits per heavy atom. The number of aromatic amines is 1. The highest BCUT2D eigenvalue weighted by Crippen LogP contribution is 2.12. The molecule has 0 aliphatic heterocycles. The molecule has 0 radical (unpaired) electrons. The highest BCUT2D eigenvalue weighted by molar-refractivity contribution is 5.80. The minimum atomic E-state index is -0.0908. The molecule has 1 heterocycles. The Labute approximate surface area is 118 Å². The minimum absolute atomic E-state index is 0.0908. The van der Waals surface area contributed by atoms with Crippen molar-refractivity contribution in [3.05, 3.63) is 39.9 Å². The molecule has 2 rings (SSSR count). The van der Waals surface area contributed by atoms with E-state index in [1.54, 1.807) is 6.07 Å². The van der Waals surface area contributed by atoms with Gasteiger partial charge in [-0.3, -0.25) is 9.69 Å². The number of para-hydroxylation sites is 1. The molecule has 5 heteroatoms. The van der Waals surface area contributed by atoms with Gasteiger partial charge in [-0.1, -0.05) is 19.1 Å². The topological polar surface area (TPSA) is 69.2 Å². The number of aliphatic hydroxyl groups is 1. The van der Waals surface area contributed by atoms with Gasteiger partial charge < -0.3 is 10.1 Å². The summed E-state index contributed by atoms with van der Waals surface area (Å²) >= 11 is 0. The van der Waals surface area contributed by atoms with Crippen LogP contribution >= 0.6 is 0 Å². The molecule has 1 aromatic heterocycles. The van der Waals surface area contributed by atoms with E-state index in [-0.39, 0.29) is 12.2 Å². The van der Waals surface area contributed by atoms with Crippen LogP contribution in [0, 0.1) is 6.92 Å². The first-order chi connectivity index (χ1) is 9.65. The van der Waals surface area contributed by atoms with Crippen molar-refractivity contribution in [1.82, 2.24) is 14.9 Å². The van der Waals surface area contributed by atoms with Gasteiger partial charge in [0.15, 0.2) is 0 Å². The molecule has 0 saturated heterocycles. The number of rotatable bonds is 6. The van der Waals surface area contributed by atoms with E-state index in [0.29, 0.717) is 17.8 Å². The number of hydrogen-bond donors (Lipinski definition) is 2. The Morgan fingerprint density at radius 2 is 2.20 bits per heavy atom. The fourth-order valence-electron chi connectivity index (χ4n) is 2.28. The van der Waals surface area contributed by atoms with Crippen molar-refractivity contribution >= 4 is 10.9 Å². The molecule has 0 atom stereocenters. The van der Waals surface area contributed by atoms with Crippen LogP contribution in [0.5, 0.6) is 0 Å². The number of aliphatic hydroxyl groups excluding tert-OH is 1. The lowest BCUT2D eigenvalue weighted by Gasteiger charge is -2.19. The average molecular weight is 275 g/mol. The molecule has 108 valence electrons. The molecule has 5 nitrogen and oxygen atoms in total. The van der Waals surface area contributed by atoms with Gasteiger partial charge in [-0.2, -0.15) is 0 Å². The van der Waals surface area contributed by atoms with E-state index in [9.17, 15) is 4.79 Å². The van der Waals surface area contributed by atoms with Crippen molar-refractivity contribution in [1.29, 1.82) is 0 Å². The molecule has 0 fully saturated rings. The zero-order valence-electron chi connectivity index (χ0n) is 12.0. The molecular weight excluding hydrogens is 254 g/mol. The van der Waals surface area contributed by atoms with Gasteiger partial charge in [-0.05, 0) is 31.5 Å². The largest absolute Gasteiger partial charge is 0.396 e. The molecule has 1 aromatic carbocycles. The Kier molecular flexibility index (Phi) is 4.87. The summed E-state index contributed by atoms with van der Waals surface area (Å²) in [6, 6.07) is 5.62. The van der Waals surface area contributed by atoms with Gasteiger partial charge in [0.25, 0.3) is 5.56 Å². The van der Waals surface area contributed by atoms with Gasteiger partial charge in [0.05, 0.1) is 17.4 Å². The maximum absolute atomic E-state index is 12.1. The number of aromatic nitrogens is 2. The second kappa shape index (κ2) is 6.63. The summed E-state index contributed by atoms with van der Waals surface area (Å²) in [7, 11) is 0. The van der Waals surface area contributed by atoms with Gasteiger partial charge in [0, 0.05) is 13.2 Å². The number of nitrogens with zero attached hydrogens (tertiary/aromatic N) is 2. The van der Waals surface area contributed by atoms with E-state index >= 15 is 0 Å². The first-order valence-corrected chi connectivity index (χ1v) is 6.97. The number of hydrogen-bond acceptors (Lipinski definition) is 4. The molecule has 0 saturated carbocycles. The van der Waals surface area contributed by atoms with Crippen LogP contribution in [0.25, 0.3) is 10.9 Å². The van der Waals surface area contributed by atoms with Gasteiger partial charge in [0.2, 0.25) is 0 Å². The molecule has 0 aliphatic carbocycles. The maximum atomic E-state index is 12.1. The first-order valence-electron chi connectivity index (χ1n) is 6.97. The van der Waals surface area contributed by atoms with Crippen LogP contribution in [0.3, 0.4) is 0 Å². The quantitative estimate of drug-likeness (QED) is 0.837. The van der Waals surface area contributed by atoms with Gasteiger partial charge >= 0.3 is 0 Å². The highest BCUT2D eigenvalue weighted by atomic mass is 16.3. The summed E-state index contributed by atoms with van der Waals surface area (Å²) in [6.07, 6.45) is 0.727. The maximum Gasteiger partial charge on any atom is 0.258 e. The number of benzene rings is 1. The second-order valence-electron chi connectivity index (χ2n) is 4.93. The number of H-pyrrole nitrogens is 1. The van der Waals surface area contributed by atoms with Gasteiger partial charge in [-0.15, -0.1) is 0 Å². The normalized spacial score (nSPS) is 11.4. The third kappa shape index (κ3) is 3.23. The predicted octanol–water partition coefficient (Wildman–Crippen LogP) is 1.44. The van der Waals surface area contributed by atoms with Crippen molar-refractivity contribution in [3.63, 3.8) is 0 Å². The summed E-state index contributed by atoms with van der Waals surface area (Å²) in [4.78, 5) is 21.7. The molecule has 2 N–H and O–H groups in total. The summed E-state index contributed by atoms with van der Waals surface area (Å²) in [5, 5.41) is 9.53. The minimum Gasteiger partial charge on any atom is -0.396 e. The van der Waals surface area contributed by atoms with Crippen molar-refractivity contribution in [2.24, 2.45) is 0 Å². The molecule has 2 aromatic rings. The van der Waals surface area contributed by atoms with Crippen LogP contribution in [-0.4, -0.2) is 39.7 Å². The van der Waals surface area contributed by atoms with Crippen LogP contribution < -0.4 is 5.56 Å². The lowest BCUT2D eigenvalue weighted by molar-refractivity contribution is 0.222. The summed E-state index contributed by atoms with van der Waals surface area (Å²) in [5.74, 6) is 0.677. The SMILES string of the molecule is CCN(CCCO)Cc1nc2c(C)cccc2c(=O)[nH]1. The average Bonchev–Trinajstić information content (AvgIpc) is 2.44. The van der Waals surface area contributed by atoms with Gasteiger partial charge in [0.1, 0.15) is 5.82 Å². The van der Waals surface area contributed by atoms with Crippen LogP contribution in [-0.2, 0) is 6.54 Å². The van der Waals surface area contributed by atoms with E-state index in [4.69, 9.17) is 5.11 Å². The summed E-state index contributed by atoms with van der Waals surface area (Å²) < 4.78 is 0. The first kappa shape index (κ1) is 14.7. The number of fused-ring (bicyclic) bond motifs is 1. The zero-order chi connectivity index (χ0) is 14.5.